The Kier molecular flexibility index (Phi) is 4.42. The zero-order valence-electron chi connectivity index (χ0n) is 7.99. The Hall–Kier alpha value is -0.960. The smallest absolute Gasteiger partial charge is 0.217 e. The SMILES string of the molecule is O=S(=O)([O-])OCCSc1cc(O)ccc1O. The second kappa shape index (κ2) is 5.39. The third-order valence-electron chi connectivity index (χ3n) is 1.51. The van der Waals surface area contributed by atoms with Gasteiger partial charge in [0.25, 0.3) is 0 Å². The zero-order valence-corrected chi connectivity index (χ0v) is 9.62. The van der Waals surface area contributed by atoms with Crippen LogP contribution in [0.5, 0.6) is 11.5 Å². The second-order valence-electron chi connectivity index (χ2n) is 2.73. The molecular weight excluding hydrogens is 256 g/mol. The summed E-state index contributed by atoms with van der Waals surface area (Å²) in [5.41, 5.74) is 0. The second-order valence-corrected chi connectivity index (χ2v) is 4.92. The first-order valence-electron chi connectivity index (χ1n) is 4.13. The van der Waals surface area contributed by atoms with Gasteiger partial charge in [-0.15, -0.1) is 11.8 Å². The van der Waals surface area contributed by atoms with Crippen molar-refractivity contribution < 1.29 is 27.4 Å². The fraction of sp³-hybridized carbons (Fsp3) is 0.250. The summed E-state index contributed by atoms with van der Waals surface area (Å²) < 4.78 is 34.2. The summed E-state index contributed by atoms with van der Waals surface area (Å²) in [4.78, 5) is 0.381. The fourth-order valence-corrected chi connectivity index (χ4v) is 2.11. The largest absolute Gasteiger partial charge is 0.726 e. The number of hydrogen-bond acceptors (Lipinski definition) is 7. The van der Waals surface area contributed by atoms with Gasteiger partial charge in [-0.25, -0.2) is 8.42 Å². The average Bonchev–Trinajstić information content (AvgIpc) is 2.16. The monoisotopic (exact) mass is 265 g/mol. The first-order valence-corrected chi connectivity index (χ1v) is 6.45. The maximum Gasteiger partial charge on any atom is 0.217 e. The predicted octanol–water partition coefficient (Wildman–Crippen LogP) is 0.667. The molecule has 0 bridgehead atoms. The fourth-order valence-electron chi connectivity index (χ4n) is 0.906. The van der Waals surface area contributed by atoms with E-state index < -0.39 is 10.4 Å². The van der Waals surface area contributed by atoms with Gasteiger partial charge in [-0.05, 0) is 18.2 Å². The van der Waals surface area contributed by atoms with E-state index in [-0.39, 0.29) is 23.9 Å². The third kappa shape index (κ3) is 4.71. The first kappa shape index (κ1) is 13.1. The number of aromatic hydroxyl groups is 2. The van der Waals surface area contributed by atoms with E-state index in [4.69, 9.17) is 5.11 Å². The molecule has 0 aliphatic heterocycles. The molecule has 1 aromatic rings. The maximum absolute atomic E-state index is 10.1. The summed E-state index contributed by atoms with van der Waals surface area (Å²) in [6.45, 7) is -0.286. The lowest BCUT2D eigenvalue weighted by Crippen LogP contribution is -2.06. The molecule has 0 aromatic heterocycles. The van der Waals surface area contributed by atoms with Gasteiger partial charge in [0.15, 0.2) is 0 Å². The van der Waals surface area contributed by atoms with E-state index in [1.165, 1.54) is 18.2 Å². The molecule has 0 aliphatic rings. The Morgan fingerprint density at radius 2 is 2.06 bits per heavy atom. The van der Waals surface area contributed by atoms with Gasteiger partial charge in [-0.2, -0.15) is 0 Å². The van der Waals surface area contributed by atoms with E-state index in [2.05, 4.69) is 4.18 Å². The standard InChI is InChI=1S/C8H10O6S2/c9-6-1-2-7(10)8(5-6)15-4-3-14-16(11,12)13/h1-2,5,9-10H,3-4H2,(H,11,12,13)/p-1. The van der Waals surface area contributed by atoms with Crippen LogP contribution in [0.3, 0.4) is 0 Å². The van der Waals surface area contributed by atoms with Crippen LogP contribution in [0.15, 0.2) is 23.1 Å². The highest BCUT2D eigenvalue weighted by atomic mass is 32.3. The number of thioether (sulfide) groups is 1. The van der Waals surface area contributed by atoms with Crippen molar-refractivity contribution in [1.29, 1.82) is 0 Å². The first-order chi connectivity index (χ1) is 7.38. The molecular formula is C8H9O6S2-. The van der Waals surface area contributed by atoms with Crippen molar-refractivity contribution in [3.8, 4) is 11.5 Å². The van der Waals surface area contributed by atoms with Crippen LogP contribution in [0.1, 0.15) is 0 Å². The van der Waals surface area contributed by atoms with Crippen molar-refractivity contribution in [3.63, 3.8) is 0 Å². The molecule has 0 fully saturated rings. The van der Waals surface area contributed by atoms with Gasteiger partial charge in [0.05, 0.1) is 11.5 Å². The van der Waals surface area contributed by atoms with Crippen molar-refractivity contribution >= 4 is 22.2 Å². The van der Waals surface area contributed by atoms with Crippen LogP contribution in [0.2, 0.25) is 0 Å². The number of rotatable bonds is 5. The molecule has 0 atom stereocenters. The van der Waals surface area contributed by atoms with Gasteiger partial charge in [-0.3, -0.25) is 4.18 Å². The highest BCUT2D eigenvalue weighted by Crippen LogP contribution is 2.31. The molecule has 16 heavy (non-hydrogen) atoms. The third-order valence-corrected chi connectivity index (χ3v) is 2.98. The average molecular weight is 265 g/mol. The summed E-state index contributed by atoms with van der Waals surface area (Å²) in [6, 6.07) is 3.95. The number of phenols is 2. The Morgan fingerprint density at radius 1 is 1.38 bits per heavy atom. The minimum absolute atomic E-state index is 0.0161. The number of benzene rings is 1. The molecule has 2 N–H and O–H groups in total. The normalized spacial score (nSPS) is 11.6. The van der Waals surface area contributed by atoms with Crippen LogP contribution in [-0.4, -0.2) is 35.5 Å². The lowest BCUT2D eigenvalue weighted by Gasteiger charge is -2.08. The molecule has 6 nitrogen and oxygen atoms in total. The zero-order chi connectivity index (χ0) is 12.2. The van der Waals surface area contributed by atoms with Crippen LogP contribution < -0.4 is 0 Å². The van der Waals surface area contributed by atoms with Gasteiger partial charge in [0.1, 0.15) is 11.5 Å². The molecule has 0 spiro atoms. The molecule has 0 saturated carbocycles. The summed E-state index contributed by atoms with van der Waals surface area (Å²) in [5, 5.41) is 18.5. The van der Waals surface area contributed by atoms with Gasteiger partial charge in [-0.1, -0.05) is 0 Å². The van der Waals surface area contributed by atoms with Crippen molar-refractivity contribution in [1.82, 2.24) is 0 Å². The lowest BCUT2D eigenvalue weighted by atomic mass is 10.3. The molecule has 8 heteroatoms. The molecule has 0 unspecified atom stereocenters. The van der Waals surface area contributed by atoms with Gasteiger partial charge in [0, 0.05) is 5.75 Å². The van der Waals surface area contributed by atoms with E-state index in [0.717, 1.165) is 11.8 Å². The Balaban J connectivity index is 2.46. The van der Waals surface area contributed by atoms with Crippen LogP contribution in [0.25, 0.3) is 0 Å². The number of hydrogen-bond donors (Lipinski definition) is 2. The molecule has 90 valence electrons. The van der Waals surface area contributed by atoms with Crippen LogP contribution >= 0.6 is 11.8 Å². The van der Waals surface area contributed by atoms with Gasteiger partial charge >= 0.3 is 0 Å². The van der Waals surface area contributed by atoms with E-state index in [0.29, 0.717) is 4.90 Å². The number of phenolic OH excluding ortho intramolecular Hbond substituents is 2. The van der Waals surface area contributed by atoms with Crippen molar-refractivity contribution in [2.24, 2.45) is 0 Å². The van der Waals surface area contributed by atoms with E-state index in [1.807, 2.05) is 0 Å². The van der Waals surface area contributed by atoms with E-state index in [9.17, 15) is 18.1 Å². The van der Waals surface area contributed by atoms with Gasteiger partial charge in [0.2, 0.25) is 10.4 Å². The van der Waals surface area contributed by atoms with E-state index in [1.54, 1.807) is 0 Å². The molecule has 1 aromatic carbocycles. The van der Waals surface area contributed by atoms with Crippen molar-refractivity contribution in [2.45, 2.75) is 4.90 Å². The summed E-state index contributed by atoms with van der Waals surface area (Å²) >= 11 is 1.06. The lowest BCUT2D eigenvalue weighted by molar-refractivity contribution is 0.277. The Bertz CT molecular complexity index is 456. The molecule has 1 rings (SSSR count). The summed E-state index contributed by atoms with van der Waals surface area (Å²) in [6.07, 6.45) is 0. The minimum Gasteiger partial charge on any atom is -0.726 e. The van der Waals surface area contributed by atoms with Gasteiger partial charge < -0.3 is 14.8 Å². The highest BCUT2D eigenvalue weighted by molar-refractivity contribution is 7.99. The summed E-state index contributed by atoms with van der Waals surface area (Å²) in [7, 11) is -4.67. The molecule has 0 aliphatic carbocycles. The molecule has 0 amide bonds. The Morgan fingerprint density at radius 3 is 2.69 bits per heavy atom. The van der Waals surface area contributed by atoms with Crippen molar-refractivity contribution in [3.05, 3.63) is 18.2 Å². The van der Waals surface area contributed by atoms with Crippen molar-refractivity contribution in [2.75, 3.05) is 12.4 Å². The topological polar surface area (TPSA) is 107 Å². The highest BCUT2D eigenvalue weighted by Gasteiger charge is 2.03. The minimum atomic E-state index is -4.67. The van der Waals surface area contributed by atoms with Crippen LogP contribution in [0, 0.1) is 0 Å². The summed E-state index contributed by atoms with van der Waals surface area (Å²) in [5.74, 6) is 0.115. The van der Waals surface area contributed by atoms with Crippen LogP contribution in [-0.2, 0) is 14.6 Å². The van der Waals surface area contributed by atoms with E-state index >= 15 is 0 Å². The molecule has 0 heterocycles. The molecule has 0 saturated heterocycles. The maximum atomic E-state index is 10.1. The Labute approximate surface area is 96.8 Å². The quantitative estimate of drug-likeness (QED) is 0.265. The van der Waals surface area contributed by atoms with Crippen LogP contribution in [0.4, 0.5) is 0 Å². The molecule has 0 radical (unpaired) electrons. The predicted molar refractivity (Wildman–Crippen MR) is 56.1 cm³/mol.